The Morgan fingerprint density at radius 3 is 2.45 bits per heavy atom. The summed E-state index contributed by atoms with van der Waals surface area (Å²) in [7, 11) is 2.98. The first-order valence-corrected chi connectivity index (χ1v) is 12.3. The van der Waals surface area contributed by atoms with Crippen LogP contribution in [0.15, 0.2) is 72.3 Å². The molecule has 0 spiro atoms. The molecule has 0 aromatic heterocycles. The van der Waals surface area contributed by atoms with Gasteiger partial charge >= 0.3 is 0 Å². The molecule has 0 saturated carbocycles. The summed E-state index contributed by atoms with van der Waals surface area (Å²) in [6.07, 6.45) is 0.502. The zero-order valence-corrected chi connectivity index (χ0v) is 21.6. The van der Waals surface area contributed by atoms with Crippen molar-refractivity contribution in [3.8, 4) is 17.2 Å². The summed E-state index contributed by atoms with van der Waals surface area (Å²) in [6, 6.07) is 18.7. The molecule has 0 bridgehead atoms. The Hall–Kier alpha value is -4.30. The van der Waals surface area contributed by atoms with E-state index < -0.39 is 17.7 Å². The number of aliphatic hydroxyl groups excluding tert-OH is 1. The molecule has 8 nitrogen and oxygen atoms in total. The lowest BCUT2D eigenvalue weighted by atomic mass is 9.93. The zero-order chi connectivity index (χ0) is 27.2. The third-order valence-corrected chi connectivity index (χ3v) is 6.51. The maximum atomic E-state index is 13.3. The number of rotatable bonds is 10. The summed E-state index contributed by atoms with van der Waals surface area (Å²) in [5.41, 5.74) is 2.62. The molecule has 2 N–H and O–H groups in total. The van der Waals surface area contributed by atoms with E-state index in [0.29, 0.717) is 42.1 Å². The first-order chi connectivity index (χ1) is 18.3. The number of aromatic hydroxyl groups is 1. The molecule has 4 rings (SSSR count). The van der Waals surface area contributed by atoms with Gasteiger partial charge in [-0.15, -0.1) is 0 Å². The molecule has 1 aliphatic rings. The van der Waals surface area contributed by atoms with E-state index in [2.05, 4.69) is 0 Å². The predicted molar refractivity (Wildman–Crippen MR) is 142 cm³/mol. The summed E-state index contributed by atoms with van der Waals surface area (Å²) in [4.78, 5) is 27.8. The lowest BCUT2D eigenvalue weighted by Gasteiger charge is -2.26. The number of amides is 1. The number of carbonyl (C=O) groups excluding carboxylic acids is 2. The van der Waals surface area contributed by atoms with Crippen molar-refractivity contribution in [3.63, 3.8) is 0 Å². The molecule has 0 radical (unpaired) electrons. The van der Waals surface area contributed by atoms with Crippen LogP contribution in [0.5, 0.6) is 17.2 Å². The minimum Gasteiger partial charge on any atom is -0.507 e. The molecule has 8 heteroatoms. The molecule has 198 valence electrons. The number of nitrogens with zero attached hydrogens (tertiary/aromatic N) is 1. The normalized spacial score (nSPS) is 16.6. The average molecular weight is 518 g/mol. The van der Waals surface area contributed by atoms with Crippen molar-refractivity contribution in [1.82, 2.24) is 4.90 Å². The van der Waals surface area contributed by atoms with E-state index in [9.17, 15) is 19.8 Å². The van der Waals surface area contributed by atoms with Gasteiger partial charge in [0.1, 0.15) is 18.1 Å². The molecule has 1 heterocycles. The van der Waals surface area contributed by atoms with E-state index in [4.69, 9.17) is 14.2 Å². The van der Waals surface area contributed by atoms with E-state index in [0.717, 1.165) is 5.56 Å². The van der Waals surface area contributed by atoms with Crippen LogP contribution in [0.4, 0.5) is 0 Å². The van der Waals surface area contributed by atoms with Gasteiger partial charge in [-0.2, -0.15) is 0 Å². The number of phenolic OH excluding ortho intramolecular Hbond substituents is 1. The van der Waals surface area contributed by atoms with Crippen LogP contribution in [0.3, 0.4) is 0 Å². The van der Waals surface area contributed by atoms with Crippen LogP contribution in [0, 0.1) is 6.92 Å². The second kappa shape index (κ2) is 11.8. The molecule has 1 atom stereocenters. The number of benzene rings is 3. The van der Waals surface area contributed by atoms with Crippen molar-refractivity contribution in [2.75, 3.05) is 27.4 Å². The van der Waals surface area contributed by atoms with Gasteiger partial charge in [-0.25, -0.2) is 0 Å². The third-order valence-electron chi connectivity index (χ3n) is 6.51. The highest BCUT2D eigenvalue weighted by molar-refractivity contribution is 6.46. The molecular formula is C30H31NO7. The zero-order valence-electron chi connectivity index (χ0n) is 21.6. The fraction of sp³-hybridized carbons (Fsp3) is 0.267. The summed E-state index contributed by atoms with van der Waals surface area (Å²) in [6.45, 7) is 2.84. The first-order valence-electron chi connectivity index (χ1n) is 12.3. The largest absolute Gasteiger partial charge is 0.507 e. The number of Topliss-reactive ketones (excluding diaryl/α,β-unsaturated/α-hetero) is 1. The summed E-state index contributed by atoms with van der Waals surface area (Å²) < 4.78 is 16.3. The first kappa shape index (κ1) is 26.8. The smallest absolute Gasteiger partial charge is 0.295 e. The van der Waals surface area contributed by atoms with Gasteiger partial charge in [-0.05, 0) is 60.4 Å². The molecule has 3 aromatic carbocycles. The van der Waals surface area contributed by atoms with Crippen molar-refractivity contribution < 1.29 is 34.0 Å². The summed E-state index contributed by atoms with van der Waals surface area (Å²) >= 11 is 0. The Labute approximate surface area is 221 Å². The van der Waals surface area contributed by atoms with Gasteiger partial charge in [0, 0.05) is 25.8 Å². The van der Waals surface area contributed by atoms with Crippen molar-refractivity contribution in [1.29, 1.82) is 0 Å². The topological polar surface area (TPSA) is 106 Å². The van der Waals surface area contributed by atoms with Crippen molar-refractivity contribution in [3.05, 3.63) is 94.6 Å². The molecular weight excluding hydrogens is 486 g/mol. The molecule has 1 saturated heterocycles. The van der Waals surface area contributed by atoms with Crippen LogP contribution in [-0.2, 0) is 20.9 Å². The van der Waals surface area contributed by atoms with Gasteiger partial charge in [-0.3, -0.25) is 9.59 Å². The molecule has 1 aliphatic heterocycles. The molecule has 38 heavy (non-hydrogen) atoms. The monoisotopic (exact) mass is 517 g/mol. The SMILES string of the molecule is COCCCN1C(=O)C(=O)/C(=C(/O)c2ccc(OCc3ccccc3)cc2C)[C@H]1c1ccc(O)c(OC)c1. The lowest BCUT2D eigenvalue weighted by Crippen LogP contribution is -2.31. The van der Waals surface area contributed by atoms with Crippen molar-refractivity contribution in [2.45, 2.75) is 26.0 Å². The van der Waals surface area contributed by atoms with Gasteiger partial charge in [0.25, 0.3) is 11.7 Å². The fourth-order valence-corrected chi connectivity index (χ4v) is 4.58. The van der Waals surface area contributed by atoms with E-state index in [1.807, 2.05) is 30.3 Å². The number of likely N-dealkylation sites (tertiary alicyclic amines) is 1. The van der Waals surface area contributed by atoms with Gasteiger partial charge in [0.15, 0.2) is 11.5 Å². The Morgan fingerprint density at radius 2 is 1.76 bits per heavy atom. The number of methoxy groups -OCH3 is 2. The van der Waals surface area contributed by atoms with E-state index in [-0.39, 0.29) is 29.4 Å². The Kier molecular flexibility index (Phi) is 8.33. The number of hydrogen-bond donors (Lipinski definition) is 2. The Bertz CT molecular complexity index is 1350. The summed E-state index contributed by atoms with van der Waals surface area (Å²) in [5, 5.41) is 21.5. The molecule has 0 unspecified atom stereocenters. The number of ketones is 1. The molecule has 0 aliphatic carbocycles. The van der Waals surface area contributed by atoms with Crippen LogP contribution < -0.4 is 9.47 Å². The highest BCUT2D eigenvalue weighted by atomic mass is 16.5. The number of hydrogen-bond acceptors (Lipinski definition) is 7. The van der Waals surface area contributed by atoms with Gasteiger partial charge in [-0.1, -0.05) is 36.4 Å². The van der Waals surface area contributed by atoms with Crippen LogP contribution in [-0.4, -0.2) is 54.2 Å². The predicted octanol–water partition coefficient (Wildman–Crippen LogP) is 4.75. The second-order valence-electron chi connectivity index (χ2n) is 9.02. The van der Waals surface area contributed by atoms with Gasteiger partial charge < -0.3 is 29.3 Å². The number of ether oxygens (including phenoxy) is 3. The lowest BCUT2D eigenvalue weighted by molar-refractivity contribution is -0.140. The molecule has 3 aromatic rings. The van der Waals surface area contributed by atoms with Crippen molar-refractivity contribution >= 4 is 17.4 Å². The number of carbonyl (C=O) groups is 2. The van der Waals surface area contributed by atoms with Crippen LogP contribution >= 0.6 is 0 Å². The Balaban J connectivity index is 1.72. The summed E-state index contributed by atoms with van der Waals surface area (Å²) in [5.74, 6) is -1.03. The highest BCUT2D eigenvalue weighted by Gasteiger charge is 2.46. The van der Waals surface area contributed by atoms with Gasteiger partial charge in [0.2, 0.25) is 0 Å². The third kappa shape index (κ3) is 5.50. The van der Waals surface area contributed by atoms with Crippen LogP contribution in [0.1, 0.15) is 34.7 Å². The van der Waals surface area contributed by atoms with E-state index >= 15 is 0 Å². The average Bonchev–Trinajstić information content (AvgIpc) is 3.17. The van der Waals surface area contributed by atoms with Gasteiger partial charge in [0.05, 0.1) is 18.7 Å². The van der Waals surface area contributed by atoms with E-state index in [1.165, 1.54) is 18.1 Å². The number of aliphatic hydroxyl groups is 1. The Morgan fingerprint density at radius 1 is 1.00 bits per heavy atom. The van der Waals surface area contributed by atoms with E-state index in [1.54, 1.807) is 44.4 Å². The molecule has 1 amide bonds. The quantitative estimate of drug-likeness (QED) is 0.173. The van der Waals surface area contributed by atoms with Crippen LogP contribution in [0.25, 0.3) is 5.76 Å². The van der Waals surface area contributed by atoms with Crippen LogP contribution in [0.2, 0.25) is 0 Å². The number of aryl methyl sites for hydroxylation is 1. The number of phenols is 1. The standard InChI is InChI=1S/C30H31NO7/c1-19-16-22(38-18-20-8-5-4-6-9-20)11-12-23(19)28(33)26-27(21-10-13-24(32)25(17-21)37-3)31(14-7-15-36-2)30(35)29(26)34/h4-6,8-13,16-17,27,32-33H,7,14-15,18H2,1-3H3/b28-26+/t27-/m1/s1. The molecule has 1 fully saturated rings. The fourth-order valence-electron chi connectivity index (χ4n) is 4.58. The highest BCUT2D eigenvalue weighted by Crippen LogP contribution is 2.42. The maximum absolute atomic E-state index is 13.3. The minimum absolute atomic E-state index is 0.0267. The maximum Gasteiger partial charge on any atom is 0.295 e. The minimum atomic E-state index is -0.866. The van der Waals surface area contributed by atoms with Crippen molar-refractivity contribution in [2.24, 2.45) is 0 Å². The second-order valence-corrected chi connectivity index (χ2v) is 9.02.